The van der Waals surface area contributed by atoms with E-state index in [1.807, 2.05) is 42.5 Å². The summed E-state index contributed by atoms with van der Waals surface area (Å²) >= 11 is 0. The second kappa shape index (κ2) is 10.3. The number of carbonyl (C=O) groups is 4. The zero-order valence-electron chi connectivity index (χ0n) is 20.6. The third-order valence-corrected chi connectivity index (χ3v) is 6.67. The molecule has 8 nitrogen and oxygen atoms in total. The Morgan fingerprint density at radius 2 is 1.41 bits per heavy atom. The second-order valence-electron chi connectivity index (χ2n) is 9.27. The lowest BCUT2D eigenvalue weighted by Crippen LogP contribution is -2.48. The van der Waals surface area contributed by atoms with E-state index in [4.69, 9.17) is 0 Å². The van der Waals surface area contributed by atoms with Crippen LogP contribution >= 0.6 is 0 Å². The first kappa shape index (κ1) is 24.2. The number of fused-ring (bicyclic) bond motifs is 5. The van der Waals surface area contributed by atoms with Crippen molar-refractivity contribution in [1.82, 2.24) is 4.90 Å². The Bertz CT molecular complexity index is 1370. The van der Waals surface area contributed by atoms with E-state index in [0.29, 0.717) is 54.0 Å². The SMILES string of the molecule is CC(=O)Nc1ccc(NC(=O)CCCCCN2C(=O)c3ccccc3N3C(=O)c4ccccc4C23)cc1. The second-order valence-corrected chi connectivity index (χ2v) is 9.27. The quantitative estimate of drug-likeness (QED) is 0.431. The zero-order valence-corrected chi connectivity index (χ0v) is 20.6. The first-order valence-corrected chi connectivity index (χ1v) is 12.4. The van der Waals surface area contributed by atoms with Crippen molar-refractivity contribution in [3.8, 4) is 0 Å². The number of rotatable bonds is 8. The standard InChI is InChI=1S/C29H28N4O4/c1-19(34)30-20-14-16-21(17-15-20)31-26(35)13-3-2-8-18-32-27-22-9-4-5-10-23(22)29(37)33(27)25-12-7-6-11-24(25)28(32)36/h4-7,9-12,14-17,27H,2-3,8,13,18H2,1H3,(H,30,34)(H,31,35). The van der Waals surface area contributed by atoms with Gasteiger partial charge in [-0.05, 0) is 55.3 Å². The number of unbranched alkanes of at least 4 members (excludes halogenated alkanes) is 2. The lowest BCUT2D eigenvalue weighted by Gasteiger charge is -2.41. The maximum atomic E-state index is 13.4. The summed E-state index contributed by atoms with van der Waals surface area (Å²) in [6, 6.07) is 21.7. The van der Waals surface area contributed by atoms with Crippen LogP contribution in [0.3, 0.4) is 0 Å². The molecule has 0 fully saturated rings. The van der Waals surface area contributed by atoms with Crippen LogP contribution in [0.2, 0.25) is 0 Å². The monoisotopic (exact) mass is 496 g/mol. The van der Waals surface area contributed by atoms with E-state index >= 15 is 0 Å². The third-order valence-electron chi connectivity index (χ3n) is 6.67. The number of benzene rings is 3. The number of hydrogen-bond donors (Lipinski definition) is 2. The maximum Gasteiger partial charge on any atom is 0.260 e. The summed E-state index contributed by atoms with van der Waals surface area (Å²) in [7, 11) is 0. The lowest BCUT2D eigenvalue weighted by atomic mass is 10.0. The van der Waals surface area contributed by atoms with Crippen LogP contribution in [0.15, 0.2) is 72.8 Å². The van der Waals surface area contributed by atoms with Gasteiger partial charge < -0.3 is 15.5 Å². The summed E-state index contributed by atoms with van der Waals surface area (Å²) in [6.45, 7) is 1.93. The van der Waals surface area contributed by atoms with Gasteiger partial charge in [0.2, 0.25) is 11.8 Å². The molecule has 2 heterocycles. The summed E-state index contributed by atoms with van der Waals surface area (Å²) in [5.41, 5.74) is 4.00. The highest BCUT2D eigenvalue weighted by molar-refractivity contribution is 6.16. The molecule has 1 atom stereocenters. The Morgan fingerprint density at radius 1 is 0.757 bits per heavy atom. The summed E-state index contributed by atoms with van der Waals surface area (Å²) in [6.07, 6.45) is 2.07. The van der Waals surface area contributed by atoms with Gasteiger partial charge in [-0.25, -0.2) is 0 Å². The van der Waals surface area contributed by atoms with Crippen molar-refractivity contribution >= 4 is 40.7 Å². The molecule has 37 heavy (non-hydrogen) atoms. The molecule has 3 aromatic rings. The first-order chi connectivity index (χ1) is 17.9. The first-order valence-electron chi connectivity index (χ1n) is 12.4. The van der Waals surface area contributed by atoms with E-state index in [1.54, 1.807) is 40.1 Å². The van der Waals surface area contributed by atoms with Crippen LogP contribution in [-0.4, -0.2) is 35.1 Å². The molecule has 0 aromatic heterocycles. The van der Waals surface area contributed by atoms with Crippen molar-refractivity contribution in [2.24, 2.45) is 0 Å². The minimum absolute atomic E-state index is 0.0817. The van der Waals surface area contributed by atoms with Crippen molar-refractivity contribution < 1.29 is 19.2 Å². The van der Waals surface area contributed by atoms with Crippen LogP contribution in [-0.2, 0) is 9.59 Å². The molecule has 2 N–H and O–H groups in total. The molecule has 1 unspecified atom stereocenters. The van der Waals surface area contributed by atoms with Gasteiger partial charge >= 0.3 is 0 Å². The maximum absolute atomic E-state index is 13.4. The number of carbonyl (C=O) groups excluding carboxylic acids is 4. The average Bonchev–Trinajstić information content (AvgIpc) is 3.19. The minimum Gasteiger partial charge on any atom is -0.326 e. The number of hydrogen-bond acceptors (Lipinski definition) is 4. The highest BCUT2D eigenvalue weighted by Gasteiger charge is 2.47. The van der Waals surface area contributed by atoms with Gasteiger partial charge in [0, 0.05) is 42.4 Å². The molecule has 2 aliphatic heterocycles. The van der Waals surface area contributed by atoms with Gasteiger partial charge in [-0.3, -0.25) is 24.1 Å². The summed E-state index contributed by atoms with van der Waals surface area (Å²) in [5.74, 6) is -0.408. The molecule has 3 aromatic carbocycles. The van der Waals surface area contributed by atoms with Crippen molar-refractivity contribution in [1.29, 1.82) is 0 Å². The molecule has 0 bridgehead atoms. The minimum atomic E-state index is -0.449. The van der Waals surface area contributed by atoms with Crippen LogP contribution in [0.4, 0.5) is 17.1 Å². The summed E-state index contributed by atoms with van der Waals surface area (Å²) in [5, 5.41) is 5.56. The van der Waals surface area contributed by atoms with Crippen molar-refractivity contribution in [2.75, 3.05) is 22.1 Å². The Balaban J connectivity index is 1.18. The number of amides is 4. The van der Waals surface area contributed by atoms with Gasteiger partial charge in [-0.1, -0.05) is 36.8 Å². The largest absolute Gasteiger partial charge is 0.326 e. The summed E-state index contributed by atoms with van der Waals surface area (Å²) < 4.78 is 0. The average molecular weight is 497 g/mol. The van der Waals surface area contributed by atoms with Gasteiger partial charge in [0.15, 0.2) is 0 Å². The number of nitrogens with one attached hydrogen (secondary N) is 2. The molecule has 2 aliphatic rings. The number of nitrogens with zero attached hydrogens (tertiary/aromatic N) is 2. The topological polar surface area (TPSA) is 98.8 Å². The fourth-order valence-corrected chi connectivity index (χ4v) is 5.01. The molecule has 188 valence electrons. The predicted octanol–water partition coefficient (Wildman–Crippen LogP) is 4.96. The van der Waals surface area contributed by atoms with Crippen LogP contribution in [0.25, 0.3) is 0 Å². The van der Waals surface area contributed by atoms with E-state index in [-0.39, 0.29) is 23.6 Å². The van der Waals surface area contributed by atoms with Gasteiger partial charge in [0.1, 0.15) is 6.17 Å². The molecular weight excluding hydrogens is 468 g/mol. The van der Waals surface area contributed by atoms with E-state index in [0.717, 1.165) is 12.0 Å². The van der Waals surface area contributed by atoms with Crippen LogP contribution < -0.4 is 15.5 Å². The van der Waals surface area contributed by atoms with Gasteiger partial charge in [-0.2, -0.15) is 0 Å². The fraction of sp³-hybridized carbons (Fsp3) is 0.241. The molecule has 8 heteroatoms. The van der Waals surface area contributed by atoms with Crippen molar-refractivity contribution in [3.63, 3.8) is 0 Å². The van der Waals surface area contributed by atoms with Crippen LogP contribution in [0.1, 0.15) is 65.1 Å². The number of para-hydroxylation sites is 1. The molecular formula is C29H28N4O4. The van der Waals surface area contributed by atoms with Gasteiger partial charge in [0.25, 0.3) is 11.8 Å². The molecule has 0 spiro atoms. The molecule has 0 saturated heterocycles. The Labute approximate surface area is 215 Å². The highest BCUT2D eigenvalue weighted by atomic mass is 16.2. The van der Waals surface area contributed by atoms with Gasteiger partial charge in [0.05, 0.1) is 11.3 Å². The molecule has 4 amide bonds. The highest BCUT2D eigenvalue weighted by Crippen LogP contribution is 2.45. The normalized spacial score (nSPS) is 15.6. The lowest BCUT2D eigenvalue weighted by molar-refractivity contribution is -0.116. The summed E-state index contributed by atoms with van der Waals surface area (Å²) in [4.78, 5) is 53.7. The third kappa shape index (κ3) is 4.82. The fourth-order valence-electron chi connectivity index (χ4n) is 5.01. The molecule has 0 saturated carbocycles. The molecule has 5 rings (SSSR count). The Kier molecular flexibility index (Phi) is 6.72. The zero-order chi connectivity index (χ0) is 25.9. The Morgan fingerprint density at radius 3 is 2.14 bits per heavy atom. The van der Waals surface area contributed by atoms with E-state index in [2.05, 4.69) is 10.6 Å². The van der Waals surface area contributed by atoms with E-state index in [9.17, 15) is 19.2 Å². The number of anilines is 3. The Hall–Kier alpha value is -4.46. The van der Waals surface area contributed by atoms with E-state index in [1.165, 1.54) is 6.92 Å². The van der Waals surface area contributed by atoms with Crippen molar-refractivity contribution in [2.45, 2.75) is 38.8 Å². The van der Waals surface area contributed by atoms with E-state index < -0.39 is 6.17 Å². The van der Waals surface area contributed by atoms with Crippen LogP contribution in [0.5, 0.6) is 0 Å². The predicted molar refractivity (Wildman–Crippen MR) is 141 cm³/mol. The van der Waals surface area contributed by atoms with Crippen LogP contribution in [0, 0.1) is 0 Å². The van der Waals surface area contributed by atoms with Gasteiger partial charge in [-0.15, -0.1) is 0 Å². The molecule has 0 aliphatic carbocycles. The smallest absolute Gasteiger partial charge is 0.260 e. The van der Waals surface area contributed by atoms with Crippen molar-refractivity contribution in [3.05, 3.63) is 89.5 Å². The molecule has 0 radical (unpaired) electrons.